The van der Waals surface area contributed by atoms with E-state index in [1.807, 2.05) is 36.4 Å². The highest BCUT2D eigenvalue weighted by Gasteiger charge is 2.26. The standard InChI is InChI=1S/C6H11NO2.C6H6/c7-4-2-1-3-5(8)6(4)9;1-2-4-6-5-3-1/h4-5,8H,1-3,7H2;1-6H. The van der Waals surface area contributed by atoms with Crippen LogP contribution in [0.3, 0.4) is 0 Å². The molecule has 0 heterocycles. The van der Waals surface area contributed by atoms with Crippen molar-refractivity contribution in [2.45, 2.75) is 31.4 Å². The maximum atomic E-state index is 10.8. The molecule has 0 aromatic heterocycles. The van der Waals surface area contributed by atoms with Crippen molar-refractivity contribution in [1.82, 2.24) is 0 Å². The van der Waals surface area contributed by atoms with Crippen LogP contribution in [0, 0.1) is 0 Å². The van der Waals surface area contributed by atoms with Crippen molar-refractivity contribution in [2.24, 2.45) is 5.73 Å². The lowest BCUT2D eigenvalue weighted by Gasteiger charge is -2.20. The second-order valence-corrected chi connectivity index (χ2v) is 3.61. The SMILES string of the molecule is NC1CCCC(O)C1=O.c1ccccc1. The molecule has 3 N–H and O–H groups in total. The van der Waals surface area contributed by atoms with E-state index < -0.39 is 12.1 Å². The fraction of sp³-hybridized carbons (Fsp3) is 0.417. The number of ketones is 1. The topological polar surface area (TPSA) is 63.3 Å². The number of rotatable bonds is 0. The zero-order chi connectivity index (χ0) is 11.1. The summed E-state index contributed by atoms with van der Waals surface area (Å²) >= 11 is 0. The molecule has 1 aromatic rings. The minimum Gasteiger partial charge on any atom is -0.385 e. The highest BCUT2D eigenvalue weighted by molar-refractivity contribution is 5.88. The maximum Gasteiger partial charge on any atom is 0.177 e. The van der Waals surface area contributed by atoms with Gasteiger partial charge in [-0.15, -0.1) is 0 Å². The third-order valence-electron chi connectivity index (χ3n) is 2.35. The molecule has 1 aromatic carbocycles. The van der Waals surface area contributed by atoms with E-state index in [1.165, 1.54) is 0 Å². The molecule has 0 aliphatic heterocycles. The molecule has 15 heavy (non-hydrogen) atoms. The molecule has 1 fully saturated rings. The largest absolute Gasteiger partial charge is 0.385 e. The first kappa shape index (κ1) is 11.9. The zero-order valence-electron chi connectivity index (χ0n) is 8.67. The molecule has 0 bridgehead atoms. The molecule has 0 radical (unpaired) electrons. The van der Waals surface area contributed by atoms with Gasteiger partial charge in [0.15, 0.2) is 5.78 Å². The first-order chi connectivity index (χ1) is 7.22. The Labute approximate surface area is 89.9 Å². The summed E-state index contributed by atoms with van der Waals surface area (Å²) in [5.74, 6) is -0.193. The highest BCUT2D eigenvalue weighted by atomic mass is 16.3. The van der Waals surface area contributed by atoms with Crippen LogP contribution in [0.5, 0.6) is 0 Å². The van der Waals surface area contributed by atoms with Crippen molar-refractivity contribution in [3.8, 4) is 0 Å². The molecule has 3 heteroatoms. The van der Waals surface area contributed by atoms with E-state index in [1.54, 1.807) is 0 Å². The molecule has 2 rings (SSSR count). The molecule has 0 amide bonds. The summed E-state index contributed by atoms with van der Waals surface area (Å²) in [5, 5.41) is 8.92. The summed E-state index contributed by atoms with van der Waals surface area (Å²) in [6.45, 7) is 0. The summed E-state index contributed by atoms with van der Waals surface area (Å²) in [6.07, 6.45) is 1.41. The molecule has 1 aliphatic rings. The van der Waals surface area contributed by atoms with E-state index >= 15 is 0 Å². The molecule has 1 aliphatic carbocycles. The number of Topliss-reactive ketones (excluding diaryl/α,β-unsaturated/α-hetero) is 1. The van der Waals surface area contributed by atoms with E-state index in [9.17, 15) is 4.79 Å². The van der Waals surface area contributed by atoms with Crippen molar-refractivity contribution in [3.05, 3.63) is 36.4 Å². The van der Waals surface area contributed by atoms with E-state index in [0.29, 0.717) is 6.42 Å². The van der Waals surface area contributed by atoms with E-state index in [-0.39, 0.29) is 5.78 Å². The summed E-state index contributed by atoms with van der Waals surface area (Å²) in [7, 11) is 0. The van der Waals surface area contributed by atoms with Crippen LogP contribution >= 0.6 is 0 Å². The van der Waals surface area contributed by atoms with Gasteiger partial charge in [0.1, 0.15) is 6.10 Å². The van der Waals surface area contributed by atoms with Crippen LogP contribution in [-0.2, 0) is 4.79 Å². The van der Waals surface area contributed by atoms with Crippen LogP contribution < -0.4 is 5.73 Å². The van der Waals surface area contributed by atoms with Crippen LogP contribution in [0.4, 0.5) is 0 Å². The summed E-state index contributed by atoms with van der Waals surface area (Å²) in [5.41, 5.74) is 5.36. The third kappa shape index (κ3) is 4.23. The molecular weight excluding hydrogens is 190 g/mol. The molecule has 82 valence electrons. The van der Waals surface area contributed by atoms with Crippen LogP contribution in [0.2, 0.25) is 0 Å². The normalized spacial score (nSPS) is 25.3. The van der Waals surface area contributed by atoms with Gasteiger partial charge >= 0.3 is 0 Å². The molecule has 2 unspecified atom stereocenters. The van der Waals surface area contributed by atoms with Crippen LogP contribution in [0.1, 0.15) is 19.3 Å². The van der Waals surface area contributed by atoms with Crippen molar-refractivity contribution < 1.29 is 9.90 Å². The Morgan fingerprint density at radius 3 is 1.87 bits per heavy atom. The van der Waals surface area contributed by atoms with Gasteiger partial charge in [0.25, 0.3) is 0 Å². The van der Waals surface area contributed by atoms with Crippen molar-refractivity contribution in [1.29, 1.82) is 0 Å². The predicted octanol–water partition coefficient (Wildman–Crippen LogP) is 1.11. The Hall–Kier alpha value is -1.19. The lowest BCUT2D eigenvalue weighted by molar-refractivity contribution is -0.130. The Morgan fingerprint density at radius 2 is 1.53 bits per heavy atom. The van der Waals surface area contributed by atoms with Crippen LogP contribution in [0.15, 0.2) is 36.4 Å². The van der Waals surface area contributed by atoms with E-state index in [4.69, 9.17) is 10.8 Å². The summed E-state index contributed by atoms with van der Waals surface area (Å²) < 4.78 is 0. The maximum absolute atomic E-state index is 10.8. The number of benzene rings is 1. The highest BCUT2D eigenvalue weighted by Crippen LogP contribution is 2.12. The third-order valence-corrected chi connectivity index (χ3v) is 2.35. The number of nitrogens with two attached hydrogens (primary N) is 1. The zero-order valence-corrected chi connectivity index (χ0v) is 8.67. The van der Waals surface area contributed by atoms with Gasteiger partial charge in [-0.05, 0) is 19.3 Å². The first-order valence-electron chi connectivity index (χ1n) is 5.19. The monoisotopic (exact) mass is 207 g/mol. The average Bonchev–Trinajstić information content (AvgIpc) is 2.29. The Morgan fingerprint density at radius 1 is 1.07 bits per heavy atom. The number of carbonyl (C=O) groups excluding carboxylic acids is 1. The smallest absolute Gasteiger partial charge is 0.177 e. The lowest BCUT2D eigenvalue weighted by Crippen LogP contribution is -2.41. The summed E-state index contributed by atoms with van der Waals surface area (Å²) in [6, 6.07) is 11.6. The second-order valence-electron chi connectivity index (χ2n) is 3.61. The van der Waals surface area contributed by atoms with Crippen molar-refractivity contribution in [2.75, 3.05) is 0 Å². The van der Waals surface area contributed by atoms with Gasteiger partial charge in [0.2, 0.25) is 0 Å². The Balaban J connectivity index is 0.000000162. The quantitative estimate of drug-likeness (QED) is 0.670. The van der Waals surface area contributed by atoms with E-state index in [0.717, 1.165) is 12.8 Å². The van der Waals surface area contributed by atoms with Crippen LogP contribution in [0.25, 0.3) is 0 Å². The van der Waals surface area contributed by atoms with Crippen LogP contribution in [-0.4, -0.2) is 23.0 Å². The van der Waals surface area contributed by atoms with Crippen molar-refractivity contribution >= 4 is 5.78 Å². The van der Waals surface area contributed by atoms with Gasteiger partial charge in [-0.1, -0.05) is 36.4 Å². The fourth-order valence-corrected chi connectivity index (χ4v) is 1.45. The van der Waals surface area contributed by atoms with Gasteiger partial charge in [-0.25, -0.2) is 0 Å². The Kier molecular flexibility index (Phi) is 5.01. The minimum atomic E-state index is -0.784. The van der Waals surface area contributed by atoms with Gasteiger partial charge in [-0.3, -0.25) is 4.79 Å². The van der Waals surface area contributed by atoms with E-state index in [2.05, 4.69) is 0 Å². The summed E-state index contributed by atoms with van der Waals surface area (Å²) in [4.78, 5) is 10.8. The minimum absolute atomic E-state index is 0.193. The van der Waals surface area contributed by atoms with Crippen molar-refractivity contribution in [3.63, 3.8) is 0 Å². The molecule has 1 saturated carbocycles. The molecule has 0 saturated heterocycles. The second kappa shape index (κ2) is 6.32. The number of aliphatic hydroxyl groups excluding tert-OH is 1. The molecule has 3 nitrogen and oxygen atoms in total. The Bertz CT molecular complexity index is 248. The number of hydrogen-bond donors (Lipinski definition) is 2. The number of aliphatic hydroxyl groups is 1. The first-order valence-corrected chi connectivity index (χ1v) is 5.19. The fourth-order valence-electron chi connectivity index (χ4n) is 1.45. The molecular formula is C12H17NO2. The van der Waals surface area contributed by atoms with Gasteiger partial charge in [0.05, 0.1) is 6.04 Å². The van der Waals surface area contributed by atoms with Gasteiger partial charge < -0.3 is 10.8 Å². The molecule has 2 atom stereocenters. The number of carbonyl (C=O) groups is 1. The molecule has 0 spiro atoms. The van der Waals surface area contributed by atoms with Gasteiger partial charge in [0, 0.05) is 0 Å². The number of hydrogen-bond acceptors (Lipinski definition) is 3. The lowest BCUT2D eigenvalue weighted by atomic mass is 9.92. The average molecular weight is 207 g/mol. The van der Waals surface area contributed by atoms with Gasteiger partial charge in [-0.2, -0.15) is 0 Å². The predicted molar refractivity (Wildman–Crippen MR) is 59.3 cm³/mol.